The highest BCUT2D eigenvalue weighted by atomic mass is 19.4. The van der Waals surface area contributed by atoms with Gasteiger partial charge in [0, 0.05) is 31.9 Å². The van der Waals surface area contributed by atoms with Crippen molar-refractivity contribution in [2.45, 2.75) is 13.3 Å². The summed E-state index contributed by atoms with van der Waals surface area (Å²) in [5.41, 5.74) is 0.588. The second kappa shape index (κ2) is 7.55. The number of halogens is 4. The number of anilines is 3. The van der Waals surface area contributed by atoms with E-state index in [1.807, 2.05) is 11.9 Å². The van der Waals surface area contributed by atoms with E-state index >= 15 is 0 Å². The zero-order valence-corrected chi connectivity index (χ0v) is 14.8. The van der Waals surface area contributed by atoms with Crippen molar-refractivity contribution < 1.29 is 23.7 Å². The molecule has 0 radical (unpaired) electrons. The van der Waals surface area contributed by atoms with Crippen molar-refractivity contribution in [1.29, 1.82) is 0 Å². The Morgan fingerprint density at radius 2 is 1.93 bits per heavy atom. The van der Waals surface area contributed by atoms with Gasteiger partial charge in [0.05, 0.1) is 18.9 Å². The molecule has 1 saturated heterocycles. The summed E-state index contributed by atoms with van der Waals surface area (Å²) in [5.74, 6) is -1.54. The molecule has 1 aromatic heterocycles. The second-order valence-electron chi connectivity index (χ2n) is 6.20. The molecule has 1 aliphatic rings. The van der Waals surface area contributed by atoms with Crippen molar-refractivity contribution >= 4 is 17.3 Å². The van der Waals surface area contributed by atoms with Crippen LogP contribution in [0, 0.1) is 12.7 Å². The number of likely N-dealkylation sites (N-methyl/N-ethyl adjacent to an activating group) is 1. The Balaban J connectivity index is 1.94. The number of ether oxygens (including phenoxy) is 1. The van der Waals surface area contributed by atoms with Crippen LogP contribution in [-0.2, 0) is 0 Å². The van der Waals surface area contributed by atoms with Crippen LogP contribution < -0.4 is 15.0 Å². The maximum absolute atomic E-state index is 13.6. The van der Waals surface area contributed by atoms with E-state index in [1.165, 1.54) is 19.1 Å². The Kier molecular flexibility index (Phi) is 4.97. The topological polar surface area (TPSA) is 53.5 Å². The zero-order chi connectivity index (χ0) is 20.5. The number of hydrogen-bond acceptors (Lipinski definition) is 6. The van der Waals surface area contributed by atoms with E-state index in [1.54, 1.807) is 6.07 Å². The Hall–Kier alpha value is -2.62. The molecule has 6 nitrogen and oxygen atoms in total. The van der Waals surface area contributed by atoms with E-state index in [2.05, 4.69) is 24.9 Å². The highest BCUT2D eigenvalue weighted by molar-refractivity contribution is 5.69. The van der Waals surface area contributed by atoms with Crippen LogP contribution in [0.25, 0.3) is 0 Å². The van der Waals surface area contributed by atoms with Crippen molar-refractivity contribution in [3.05, 3.63) is 35.9 Å². The van der Waals surface area contributed by atoms with E-state index in [0.29, 0.717) is 5.69 Å². The van der Waals surface area contributed by atoms with Crippen LogP contribution in [0.15, 0.2) is 24.4 Å². The van der Waals surface area contributed by atoms with E-state index in [4.69, 9.17) is 1.37 Å². The quantitative estimate of drug-likeness (QED) is 0.814. The number of benzene rings is 1. The summed E-state index contributed by atoms with van der Waals surface area (Å²) in [6.45, 7) is 4.43. The lowest BCUT2D eigenvalue weighted by atomic mass is 10.2. The van der Waals surface area contributed by atoms with E-state index in [9.17, 15) is 17.6 Å². The van der Waals surface area contributed by atoms with Crippen LogP contribution in [-0.4, -0.2) is 54.5 Å². The highest BCUT2D eigenvalue weighted by Gasteiger charge is 2.32. The average molecular weight is 386 g/mol. The summed E-state index contributed by atoms with van der Waals surface area (Å²) in [4.78, 5) is 11.7. The molecule has 2 aromatic rings. The van der Waals surface area contributed by atoms with Gasteiger partial charge in [0.2, 0.25) is 5.95 Å². The molecule has 1 N–H and O–H groups in total. The summed E-state index contributed by atoms with van der Waals surface area (Å²) in [6, 6.07) is 4.25. The Labute approximate surface area is 155 Å². The molecule has 1 aromatic carbocycles. The first kappa shape index (κ1) is 17.8. The predicted molar refractivity (Wildman–Crippen MR) is 92.8 cm³/mol. The van der Waals surface area contributed by atoms with Crippen LogP contribution in [0.5, 0.6) is 5.75 Å². The molecule has 0 saturated carbocycles. The largest absolute Gasteiger partial charge is 0.573 e. The van der Waals surface area contributed by atoms with Crippen molar-refractivity contribution in [3.63, 3.8) is 0 Å². The number of nitrogens with one attached hydrogen (secondary N) is 1. The number of piperazine rings is 1. The van der Waals surface area contributed by atoms with Crippen LogP contribution in [0.4, 0.5) is 34.9 Å². The lowest BCUT2D eigenvalue weighted by Gasteiger charge is -2.34. The molecule has 10 heteroatoms. The molecule has 3 rings (SSSR count). The first-order chi connectivity index (χ1) is 13.1. The van der Waals surface area contributed by atoms with Crippen molar-refractivity contribution in [1.82, 2.24) is 14.9 Å². The highest BCUT2D eigenvalue weighted by Crippen LogP contribution is 2.35. The van der Waals surface area contributed by atoms with Crippen LogP contribution in [0.1, 0.15) is 7.06 Å². The Morgan fingerprint density at radius 1 is 1.22 bits per heavy atom. The minimum absolute atomic E-state index is 0.0286. The fourth-order valence-electron chi connectivity index (χ4n) is 2.68. The van der Waals surface area contributed by atoms with Crippen molar-refractivity contribution in [2.75, 3.05) is 43.4 Å². The number of nitrogens with zero attached hydrogens (tertiary/aromatic N) is 4. The van der Waals surface area contributed by atoms with Gasteiger partial charge >= 0.3 is 6.36 Å². The van der Waals surface area contributed by atoms with Gasteiger partial charge in [-0.1, -0.05) is 0 Å². The summed E-state index contributed by atoms with van der Waals surface area (Å²) in [5, 5.41) is 2.62. The first-order valence-electron chi connectivity index (χ1n) is 8.73. The first-order valence-corrected chi connectivity index (χ1v) is 8.23. The van der Waals surface area contributed by atoms with E-state index in [-0.39, 0.29) is 17.3 Å². The van der Waals surface area contributed by atoms with Gasteiger partial charge in [0.15, 0.2) is 11.6 Å². The van der Waals surface area contributed by atoms with Gasteiger partial charge in [0.1, 0.15) is 0 Å². The van der Waals surface area contributed by atoms with Gasteiger partial charge in [-0.3, -0.25) is 0 Å². The van der Waals surface area contributed by atoms with Gasteiger partial charge in [-0.15, -0.1) is 13.2 Å². The SMILES string of the molecule is [2H]c1nc(Nc2cc(N3CCN(C)CC3)ccc2OC(F)(F)F)nc(C)c1F. The maximum atomic E-state index is 13.6. The smallest absolute Gasteiger partial charge is 0.404 e. The summed E-state index contributed by atoms with van der Waals surface area (Å²) in [6.07, 6.45) is -5.53. The van der Waals surface area contributed by atoms with Gasteiger partial charge in [0.25, 0.3) is 0 Å². The monoisotopic (exact) mass is 386 g/mol. The Bertz CT molecular complexity index is 833. The van der Waals surface area contributed by atoms with Crippen molar-refractivity contribution in [2.24, 2.45) is 0 Å². The van der Waals surface area contributed by atoms with E-state index in [0.717, 1.165) is 26.2 Å². The van der Waals surface area contributed by atoms with Crippen LogP contribution in [0.3, 0.4) is 0 Å². The molecule has 27 heavy (non-hydrogen) atoms. The van der Waals surface area contributed by atoms with Gasteiger partial charge in [-0.25, -0.2) is 14.4 Å². The molecular formula is C17H19F4N5O. The molecule has 0 bridgehead atoms. The molecular weight excluding hydrogens is 366 g/mol. The molecule has 0 spiro atoms. The third-order valence-corrected chi connectivity index (χ3v) is 4.15. The summed E-state index contributed by atoms with van der Waals surface area (Å²) in [7, 11) is 2.00. The fraction of sp³-hybridized carbons (Fsp3) is 0.412. The molecule has 0 atom stereocenters. The average Bonchev–Trinajstić information content (AvgIpc) is 2.60. The molecule has 0 amide bonds. The lowest BCUT2D eigenvalue weighted by Crippen LogP contribution is -2.44. The van der Waals surface area contributed by atoms with E-state index < -0.39 is 24.1 Å². The number of aromatic nitrogens is 2. The minimum Gasteiger partial charge on any atom is -0.404 e. The molecule has 0 aliphatic carbocycles. The third kappa shape index (κ3) is 4.97. The minimum atomic E-state index is -4.88. The van der Waals surface area contributed by atoms with Crippen molar-refractivity contribution in [3.8, 4) is 5.75 Å². The number of hydrogen-bond donors (Lipinski definition) is 1. The molecule has 0 unspecified atom stereocenters. The predicted octanol–water partition coefficient (Wildman–Crippen LogP) is 3.32. The number of rotatable bonds is 4. The fourth-order valence-corrected chi connectivity index (χ4v) is 2.68. The molecule has 146 valence electrons. The normalized spacial score (nSPS) is 16.2. The lowest BCUT2D eigenvalue weighted by molar-refractivity contribution is -0.274. The van der Waals surface area contributed by atoms with Gasteiger partial charge in [-0.05, 0) is 32.2 Å². The third-order valence-electron chi connectivity index (χ3n) is 4.15. The summed E-state index contributed by atoms with van der Waals surface area (Å²) >= 11 is 0. The molecule has 1 aliphatic heterocycles. The standard InChI is InChI=1S/C17H19F4N5O/c1-11-13(18)10-22-16(23-11)24-14-9-12(26-7-5-25(2)6-8-26)3-4-15(14)27-17(19,20)21/h3-4,9-10H,5-8H2,1-2H3,(H,22,23,24)/i10D. The van der Waals surface area contributed by atoms with Gasteiger partial charge in [-0.2, -0.15) is 0 Å². The molecule has 1 fully saturated rings. The van der Waals surface area contributed by atoms with Gasteiger partial charge < -0.3 is 19.9 Å². The summed E-state index contributed by atoms with van der Waals surface area (Å²) < 4.78 is 63.4. The molecule has 2 heterocycles. The van der Waals surface area contributed by atoms with Crippen LogP contribution in [0.2, 0.25) is 0 Å². The number of aryl methyl sites for hydroxylation is 1. The number of alkyl halides is 3. The zero-order valence-electron chi connectivity index (χ0n) is 15.8. The maximum Gasteiger partial charge on any atom is 0.573 e. The Morgan fingerprint density at radius 3 is 2.56 bits per heavy atom. The van der Waals surface area contributed by atoms with Crippen LogP contribution >= 0.6 is 0 Å². The second-order valence-corrected chi connectivity index (χ2v) is 6.20.